The molecule has 0 heterocycles. The van der Waals surface area contributed by atoms with Gasteiger partial charge in [-0.1, -0.05) is 60.7 Å². The molecule has 0 saturated heterocycles. The van der Waals surface area contributed by atoms with Crippen LogP contribution in [0.3, 0.4) is 0 Å². The lowest BCUT2D eigenvalue weighted by Crippen LogP contribution is -2.35. The minimum Gasteiger partial charge on any atom is -0.456 e. The van der Waals surface area contributed by atoms with Crippen molar-refractivity contribution in [2.45, 2.75) is 45.3 Å². The van der Waals surface area contributed by atoms with Crippen LogP contribution in [-0.4, -0.2) is 36.7 Å². The first-order valence-corrected chi connectivity index (χ1v) is 10.2. The summed E-state index contributed by atoms with van der Waals surface area (Å²) in [6.07, 6.45) is -0.0483. The van der Waals surface area contributed by atoms with Crippen molar-refractivity contribution >= 4 is 18.0 Å². The van der Waals surface area contributed by atoms with Crippen LogP contribution >= 0.6 is 0 Å². The van der Waals surface area contributed by atoms with E-state index < -0.39 is 23.6 Å². The van der Waals surface area contributed by atoms with Gasteiger partial charge in [-0.2, -0.15) is 0 Å². The largest absolute Gasteiger partial charge is 0.456 e. The highest BCUT2D eigenvalue weighted by atomic mass is 16.6. The Kier molecular flexibility index (Phi) is 9.06. The molecular formula is C24H30N2O5. The van der Waals surface area contributed by atoms with Crippen molar-refractivity contribution in [3.05, 3.63) is 71.8 Å². The van der Waals surface area contributed by atoms with Gasteiger partial charge in [0.1, 0.15) is 5.60 Å². The number of carbonyl (C=O) groups excluding carboxylic acids is 3. The molecule has 2 N–H and O–H groups in total. The molecule has 7 heteroatoms. The maximum absolute atomic E-state index is 12.4. The fourth-order valence-electron chi connectivity index (χ4n) is 2.82. The molecule has 0 fully saturated rings. The summed E-state index contributed by atoms with van der Waals surface area (Å²) in [7, 11) is 0. The number of nitrogens with one attached hydrogen (secondary N) is 2. The van der Waals surface area contributed by atoms with Crippen LogP contribution in [0, 0.1) is 0 Å². The lowest BCUT2D eigenvalue weighted by atomic mass is 9.99. The topological polar surface area (TPSA) is 93.7 Å². The molecule has 166 valence electrons. The SMILES string of the molecule is CC(C)(C)OC(=O)NCCC(=O)OCC(=O)NC(Cc1ccccc1)c1ccccc1. The number of hydrogen-bond donors (Lipinski definition) is 2. The van der Waals surface area contributed by atoms with E-state index in [9.17, 15) is 14.4 Å². The van der Waals surface area contributed by atoms with Gasteiger partial charge in [-0.05, 0) is 38.3 Å². The second-order valence-corrected chi connectivity index (χ2v) is 8.06. The lowest BCUT2D eigenvalue weighted by molar-refractivity contribution is -0.148. The van der Waals surface area contributed by atoms with E-state index in [1.165, 1.54) is 0 Å². The van der Waals surface area contributed by atoms with Gasteiger partial charge in [0.25, 0.3) is 5.91 Å². The zero-order valence-electron chi connectivity index (χ0n) is 18.2. The third-order valence-corrected chi connectivity index (χ3v) is 4.18. The predicted molar refractivity (Wildman–Crippen MR) is 117 cm³/mol. The Labute approximate surface area is 183 Å². The Hall–Kier alpha value is -3.35. The monoisotopic (exact) mass is 426 g/mol. The summed E-state index contributed by atoms with van der Waals surface area (Å²) in [5.41, 5.74) is 1.44. The number of rotatable bonds is 9. The number of carbonyl (C=O) groups is 3. The van der Waals surface area contributed by atoms with Gasteiger partial charge in [0.15, 0.2) is 6.61 Å². The minimum absolute atomic E-state index is 0.0569. The predicted octanol–water partition coefficient (Wildman–Crippen LogP) is 3.54. The molecule has 0 bridgehead atoms. The van der Waals surface area contributed by atoms with E-state index in [0.717, 1.165) is 11.1 Å². The van der Waals surface area contributed by atoms with Gasteiger partial charge in [0, 0.05) is 6.54 Å². The molecule has 1 atom stereocenters. The highest BCUT2D eigenvalue weighted by Crippen LogP contribution is 2.18. The molecule has 0 aromatic heterocycles. The zero-order chi connectivity index (χ0) is 22.7. The second kappa shape index (κ2) is 11.7. The third kappa shape index (κ3) is 9.80. The van der Waals surface area contributed by atoms with Gasteiger partial charge < -0.3 is 20.1 Å². The van der Waals surface area contributed by atoms with E-state index in [4.69, 9.17) is 9.47 Å². The number of alkyl carbamates (subject to hydrolysis) is 1. The molecule has 0 aliphatic rings. The van der Waals surface area contributed by atoms with Crippen molar-refractivity contribution < 1.29 is 23.9 Å². The van der Waals surface area contributed by atoms with Crippen LogP contribution in [-0.2, 0) is 25.5 Å². The molecular weight excluding hydrogens is 396 g/mol. The molecule has 0 spiro atoms. The van der Waals surface area contributed by atoms with Crippen molar-refractivity contribution in [1.29, 1.82) is 0 Å². The molecule has 0 aliphatic heterocycles. The molecule has 2 aromatic rings. The van der Waals surface area contributed by atoms with Crippen molar-refractivity contribution in [2.24, 2.45) is 0 Å². The van der Waals surface area contributed by atoms with Crippen LogP contribution in [0.25, 0.3) is 0 Å². The van der Waals surface area contributed by atoms with Crippen LogP contribution in [0.4, 0.5) is 4.79 Å². The van der Waals surface area contributed by atoms with E-state index in [0.29, 0.717) is 6.42 Å². The Morgan fingerprint density at radius 2 is 1.55 bits per heavy atom. The summed E-state index contributed by atoms with van der Waals surface area (Å²) in [5, 5.41) is 5.41. The first-order valence-electron chi connectivity index (χ1n) is 10.2. The van der Waals surface area contributed by atoms with Crippen molar-refractivity contribution in [1.82, 2.24) is 10.6 Å². The van der Waals surface area contributed by atoms with Gasteiger partial charge in [0.05, 0.1) is 12.5 Å². The minimum atomic E-state index is -0.613. The quantitative estimate of drug-likeness (QED) is 0.598. The van der Waals surface area contributed by atoms with Gasteiger partial charge in [-0.3, -0.25) is 9.59 Å². The third-order valence-electron chi connectivity index (χ3n) is 4.18. The van der Waals surface area contributed by atoms with E-state index in [1.807, 2.05) is 60.7 Å². The van der Waals surface area contributed by atoms with Gasteiger partial charge in [-0.25, -0.2) is 4.79 Å². The van der Waals surface area contributed by atoms with Gasteiger partial charge >= 0.3 is 12.1 Å². The summed E-state index contributed by atoms with van der Waals surface area (Å²) in [6, 6.07) is 19.2. The molecule has 0 radical (unpaired) electrons. The molecule has 1 unspecified atom stereocenters. The highest BCUT2D eigenvalue weighted by Gasteiger charge is 2.18. The van der Waals surface area contributed by atoms with Crippen LogP contribution in [0.5, 0.6) is 0 Å². The molecule has 0 aliphatic carbocycles. The Bertz CT molecular complexity index is 847. The van der Waals surface area contributed by atoms with Crippen LogP contribution in [0.15, 0.2) is 60.7 Å². The molecule has 31 heavy (non-hydrogen) atoms. The maximum atomic E-state index is 12.4. The number of hydrogen-bond acceptors (Lipinski definition) is 5. The fourth-order valence-corrected chi connectivity index (χ4v) is 2.82. The normalized spacial score (nSPS) is 11.8. The van der Waals surface area contributed by atoms with Crippen molar-refractivity contribution in [2.75, 3.05) is 13.2 Å². The number of ether oxygens (including phenoxy) is 2. The number of benzene rings is 2. The first kappa shape index (κ1) is 23.9. The molecule has 2 amide bonds. The lowest BCUT2D eigenvalue weighted by Gasteiger charge is -2.20. The average Bonchev–Trinajstić information content (AvgIpc) is 2.72. The summed E-state index contributed by atoms with van der Waals surface area (Å²) >= 11 is 0. The average molecular weight is 427 g/mol. The smallest absolute Gasteiger partial charge is 0.407 e. The van der Waals surface area contributed by atoms with E-state index in [-0.39, 0.29) is 25.6 Å². The first-order chi connectivity index (χ1) is 14.7. The summed E-state index contributed by atoms with van der Waals surface area (Å²) in [5.74, 6) is -0.969. The highest BCUT2D eigenvalue weighted by molar-refractivity contribution is 5.81. The van der Waals surface area contributed by atoms with E-state index in [2.05, 4.69) is 10.6 Å². The van der Waals surface area contributed by atoms with Gasteiger partial charge in [0.2, 0.25) is 0 Å². The Balaban J connectivity index is 1.80. The Morgan fingerprint density at radius 1 is 0.935 bits per heavy atom. The summed E-state index contributed by atoms with van der Waals surface area (Å²) in [6.45, 7) is 4.93. The molecule has 2 aromatic carbocycles. The van der Waals surface area contributed by atoms with Crippen molar-refractivity contribution in [3.8, 4) is 0 Å². The summed E-state index contributed by atoms with van der Waals surface area (Å²) < 4.78 is 10.1. The second-order valence-electron chi connectivity index (χ2n) is 8.06. The van der Waals surface area contributed by atoms with Gasteiger partial charge in [-0.15, -0.1) is 0 Å². The van der Waals surface area contributed by atoms with Crippen LogP contribution < -0.4 is 10.6 Å². The van der Waals surface area contributed by atoms with Crippen LogP contribution in [0.2, 0.25) is 0 Å². The van der Waals surface area contributed by atoms with Crippen molar-refractivity contribution in [3.63, 3.8) is 0 Å². The van der Waals surface area contributed by atoms with Crippen LogP contribution in [0.1, 0.15) is 44.4 Å². The number of amides is 2. The molecule has 7 nitrogen and oxygen atoms in total. The standard InChI is InChI=1S/C24H30N2O5/c1-24(2,3)31-23(29)25-15-14-22(28)30-17-21(27)26-20(19-12-8-5-9-13-19)16-18-10-6-4-7-11-18/h4-13,20H,14-17H2,1-3H3,(H,25,29)(H,26,27). The zero-order valence-corrected chi connectivity index (χ0v) is 18.2. The maximum Gasteiger partial charge on any atom is 0.407 e. The molecule has 2 rings (SSSR count). The van der Waals surface area contributed by atoms with E-state index in [1.54, 1.807) is 20.8 Å². The fraction of sp³-hybridized carbons (Fsp3) is 0.375. The molecule has 0 saturated carbocycles. The summed E-state index contributed by atoms with van der Waals surface area (Å²) in [4.78, 5) is 35.8. The van der Waals surface area contributed by atoms with E-state index >= 15 is 0 Å². The number of esters is 1. The Morgan fingerprint density at radius 3 is 2.16 bits per heavy atom.